The minimum Gasteiger partial charge on any atom is -0.448 e. The van der Waals surface area contributed by atoms with Crippen molar-refractivity contribution in [1.82, 2.24) is 4.90 Å². The number of hydrogen-bond acceptors (Lipinski definition) is 3. The monoisotopic (exact) mass is 501 g/mol. The molecule has 1 aliphatic carbocycles. The van der Waals surface area contributed by atoms with Gasteiger partial charge in [0, 0.05) is 36.4 Å². The van der Waals surface area contributed by atoms with Crippen molar-refractivity contribution >= 4 is 11.9 Å². The maximum atomic E-state index is 13.6. The predicted octanol–water partition coefficient (Wildman–Crippen LogP) is 6.66. The second-order valence-electron chi connectivity index (χ2n) is 10.5. The number of fused-ring (bicyclic) bond motifs is 5. The molecule has 37 heavy (non-hydrogen) atoms. The number of carbonyl (C=O) groups excluding carboxylic acids is 2. The van der Waals surface area contributed by atoms with Gasteiger partial charge in [0.15, 0.2) is 0 Å². The molecule has 1 amide bonds. The number of halogens is 2. The smallest absolute Gasteiger partial charge is 0.410 e. The van der Waals surface area contributed by atoms with Gasteiger partial charge in [0.1, 0.15) is 24.0 Å². The zero-order chi connectivity index (χ0) is 25.5. The predicted molar refractivity (Wildman–Crippen MR) is 136 cm³/mol. The van der Waals surface area contributed by atoms with E-state index in [-0.39, 0.29) is 48.8 Å². The summed E-state index contributed by atoms with van der Waals surface area (Å²) in [7, 11) is 0. The van der Waals surface area contributed by atoms with Gasteiger partial charge in [-0.3, -0.25) is 4.79 Å². The van der Waals surface area contributed by atoms with Gasteiger partial charge in [-0.1, -0.05) is 48.5 Å². The van der Waals surface area contributed by atoms with Crippen molar-refractivity contribution in [3.8, 4) is 11.1 Å². The summed E-state index contributed by atoms with van der Waals surface area (Å²) in [5, 5.41) is 0. The highest BCUT2D eigenvalue weighted by molar-refractivity contribution is 5.84. The molecule has 2 heterocycles. The van der Waals surface area contributed by atoms with E-state index in [2.05, 4.69) is 24.3 Å². The van der Waals surface area contributed by atoms with E-state index in [0.29, 0.717) is 18.4 Å². The molecular formula is C31H29F2NO3. The van der Waals surface area contributed by atoms with Crippen LogP contribution in [0.15, 0.2) is 66.7 Å². The van der Waals surface area contributed by atoms with Gasteiger partial charge < -0.3 is 9.64 Å². The molecule has 6 heteroatoms. The molecule has 2 bridgehead atoms. The van der Waals surface area contributed by atoms with E-state index < -0.39 is 11.6 Å². The summed E-state index contributed by atoms with van der Waals surface area (Å²) in [5.41, 5.74) is 5.08. The molecule has 3 aromatic rings. The van der Waals surface area contributed by atoms with E-state index in [9.17, 15) is 18.4 Å². The van der Waals surface area contributed by atoms with Crippen molar-refractivity contribution in [3.05, 3.63) is 95.1 Å². The maximum Gasteiger partial charge on any atom is 0.410 e. The molecule has 6 rings (SSSR count). The fourth-order valence-corrected chi connectivity index (χ4v) is 6.67. The molecule has 190 valence electrons. The lowest BCUT2D eigenvalue weighted by Crippen LogP contribution is -2.56. The fraction of sp³-hybridized carbons (Fsp3) is 0.355. The van der Waals surface area contributed by atoms with Crippen LogP contribution >= 0.6 is 0 Å². The highest BCUT2D eigenvalue weighted by Crippen LogP contribution is 2.45. The van der Waals surface area contributed by atoms with Gasteiger partial charge in [-0.15, -0.1) is 0 Å². The quantitative estimate of drug-likeness (QED) is 0.393. The first-order valence-electron chi connectivity index (χ1n) is 13.1. The molecule has 0 N–H and O–H groups in total. The molecule has 3 aliphatic rings. The third kappa shape index (κ3) is 4.54. The summed E-state index contributed by atoms with van der Waals surface area (Å²) in [5.74, 6) is -1.59. The Bertz CT molecular complexity index is 1280. The summed E-state index contributed by atoms with van der Waals surface area (Å²) in [6.45, 7) is 0.274. The van der Waals surface area contributed by atoms with Crippen molar-refractivity contribution in [2.45, 2.75) is 56.5 Å². The molecule has 0 radical (unpaired) electrons. The molecule has 2 aliphatic heterocycles. The lowest BCUT2D eigenvalue weighted by molar-refractivity contribution is -0.126. The zero-order valence-electron chi connectivity index (χ0n) is 20.5. The Labute approximate surface area is 215 Å². The average Bonchev–Trinajstić information content (AvgIpc) is 3.19. The molecule has 3 aromatic carbocycles. The Hall–Kier alpha value is -3.54. The molecule has 0 saturated carbocycles. The van der Waals surface area contributed by atoms with Gasteiger partial charge in [0.2, 0.25) is 0 Å². The van der Waals surface area contributed by atoms with Crippen molar-refractivity contribution < 1.29 is 23.1 Å². The Morgan fingerprint density at radius 1 is 0.838 bits per heavy atom. The van der Waals surface area contributed by atoms with Crippen molar-refractivity contribution in [2.24, 2.45) is 5.92 Å². The second kappa shape index (κ2) is 9.73. The summed E-state index contributed by atoms with van der Waals surface area (Å²) < 4.78 is 33.1. The number of benzene rings is 3. The van der Waals surface area contributed by atoms with Crippen LogP contribution in [0, 0.1) is 17.6 Å². The highest BCUT2D eigenvalue weighted by atomic mass is 19.1. The van der Waals surface area contributed by atoms with Crippen molar-refractivity contribution in [1.29, 1.82) is 0 Å². The molecule has 2 saturated heterocycles. The molecule has 4 nitrogen and oxygen atoms in total. The molecule has 2 fully saturated rings. The molecule has 2 atom stereocenters. The second-order valence-corrected chi connectivity index (χ2v) is 10.5. The number of piperidine rings is 2. The van der Waals surface area contributed by atoms with Crippen LogP contribution in [0.4, 0.5) is 13.6 Å². The summed E-state index contributed by atoms with van der Waals surface area (Å²) in [6.07, 6.45) is 3.50. The van der Waals surface area contributed by atoms with Gasteiger partial charge in [0.25, 0.3) is 0 Å². The number of Topliss-reactive ketones (excluding diaryl/α,β-unsaturated/α-hetero) is 1. The first-order chi connectivity index (χ1) is 18.0. The number of carbonyl (C=O) groups is 2. The van der Waals surface area contributed by atoms with Crippen LogP contribution in [0.2, 0.25) is 0 Å². The van der Waals surface area contributed by atoms with Gasteiger partial charge in [-0.05, 0) is 72.1 Å². The highest BCUT2D eigenvalue weighted by Gasteiger charge is 2.44. The van der Waals surface area contributed by atoms with E-state index >= 15 is 0 Å². The van der Waals surface area contributed by atoms with Crippen LogP contribution in [0.25, 0.3) is 11.1 Å². The van der Waals surface area contributed by atoms with Crippen molar-refractivity contribution in [2.75, 3.05) is 6.61 Å². The summed E-state index contributed by atoms with van der Waals surface area (Å²) in [4.78, 5) is 28.3. The number of ketones is 1. The van der Waals surface area contributed by atoms with Crippen molar-refractivity contribution in [3.63, 3.8) is 0 Å². The molecule has 0 aromatic heterocycles. The Morgan fingerprint density at radius 3 is 2.00 bits per heavy atom. The molecule has 0 spiro atoms. The van der Waals surface area contributed by atoms with E-state index in [1.165, 1.54) is 34.4 Å². The normalized spacial score (nSPS) is 22.3. The standard InChI is InChI=1S/C31H29F2NO3/c32-21-12-19(13-22(33)17-21)14-30(35)20-15-23-6-5-7-24(16-20)34(23)31(36)37-18-29-27-10-3-1-8-25(27)26-9-2-4-11-28(26)29/h1-4,8-13,17,20,23-24,29H,5-7,14-16,18H2. The van der Waals surface area contributed by atoms with E-state index in [0.717, 1.165) is 25.3 Å². The Morgan fingerprint density at radius 2 is 1.41 bits per heavy atom. The van der Waals surface area contributed by atoms with Crippen LogP contribution in [0.3, 0.4) is 0 Å². The number of hydrogen-bond donors (Lipinski definition) is 0. The third-order valence-electron chi connectivity index (χ3n) is 8.28. The Balaban J connectivity index is 1.13. The molecular weight excluding hydrogens is 472 g/mol. The molecule has 2 unspecified atom stereocenters. The number of ether oxygens (including phenoxy) is 1. The van der Waals surface area contributed by atoms with Crippen LogP contribution in [0.5, 0.6) is 0 Å². The average molecular weight is 502 g/mol. The largest absolute Gasteiger partial charge is 0.448 e. The summed E-state index contributed by atoms with van der Waals surface area (Å²) >= 11 is 0. The van der Waals surface area contributed by atoms with Gasteiger partial charge in [-0.25, -0.2) is 13.6 Å². The van der Waals surface area contributed by atoms with Gasteiger partial charge in [0.05, 0.1) is 0 Å². The topological polar surface area (TPSA) is 46.6 Å². The zero-order valence-corrected chi connectivity index (χ0v) is 20.5. The Kier molecular flexibility index (Phi) is 6.27. The summed E-state index contributed by atoms with van der Waals surface area (Å²) in [6, 6.07) is 19.7. The minimum atomic E-state index is -0.676. The first kappa shape index (κ1) is 23.8. The van der Waals surface area contributed by atoms with Crippen LogP contribution in [0.1, 0.15) is 54.7 Å². The SMILES string of the molecule is O=C(Cc1cc(F)cc(F)c1)C1CC2CCCC(C1)N2C(=O)OCC1c2ccccc2-c2ccccc21. The number of rotatable bonds is 5. The van der Waals surface area contributed by atoms with Gasteiger partial charge >= 0.3 is 6.09 Å². The van der Waals surface area contributed by atoms with Crippen LogP contribution < -0.4 is 0 Å². The third-order valence-corrected chi connectivity index (χ3v) is 8.28. The van der Waals surface area contributed by atoms with Crippen LogP contribution in [-0.2, 0) is 16.0 Å². The number of amides is 1. The fourth-order valence-electron chi connectivity index (χ4n) is 6.67. The van der Waals surface area contributed by atoms with Gasteiger partial charge in [-0.2, -0.15) is 0 Å². The van der Waals surface area contributed by atoms with E-state index in [1.54, 1.807) is 0 Å². The minimum absolute atomic E-state index is 0.00182. The van der Waals surface area contributed by atoms with E-state index in [4.69, 9.17) is 4.74 Å². The number of nitrogens with zero attached hydrogens (tertiary/aromatic N) is 1. The maximum absolute atomic E-state index is 13.6. The van der Waals surface area contributed by atoms with E-state index in [1.807, 2.05) is 29.2 Å². The lowest BCUT2D eigenvalue weighted by Gasteiger charge is -2.47. The van der Waals surface area contributed by atoms with Crippen LogP contribution in [-0.4, -0.2) is 35.5 Å². The lowest BCUT2D eigenvalue weighted by atomic mass is 9.76. The first-order valence-corrected chi connectivity index (χ1v) is 13.1.